The lowest BCUT2D eigenvalue weighted by molar-refractivity contribution is -0.558. The molecule has 4 rings (SSSR count). The third-order valence-corrected chi connectivity index (χ3v) is 5.28. The van der Waals surface area contributed by atoms with Crippen LogP contribution in [0.5, 0.6) is 0 Å². The van der Waals surface area contributed by atoms with Gasteiger partial charge in [-0.15, -0.1) is 0 Å². The normalized spacial score (nSPS) is 16.9. The number of likely N-dealkylation sites (N-methyl/N-ethyl adjacent to an activating group) is 1. The minimum atomic E-state index is -1.20. The Morgan fingerprint density at radius 1 is 1.20 bits per heavy atom. The zero-order chi connectivity index (χ0) is 17.6. The van der Waals surface area contributed by atoms with Crippen molar-refractivity contribution in [3.05, 3.63) is 60.6 Å². The summed E-state index contributed by atoms with van der Waals surface area (Å²) in [5.41, 5.74) is 0.823. The summed E-state index contributed by atoms with van der Waals surface area (Å²) in [6.45, 7) is 0. The Morgan fingerprint density at radius 3 is 2.64 bits per heavy atom. The average Bonchev–Trinajstić information content (AvgIpc) is 3.08. The molecule has 124 valence electrons. The highest BCUT2D eigenvalue weighted by molar-refractivity contribution is 7.18. The molecule has 3 aromatic rings. The first-order valence-electron chi connectivity index (χ1n) is 7.45. The van der Waals surface area contributed by atoms with Crippen molar-refractivity contribution in [1.29, 1.82) is 0 Å². The van der Waals surface area contributed by atoms with E-state index in [-0.39, 0.29) is 5.56 Å². The molecule has 0 spiro atoms. The third kappa shape index (κ3) is 2.42. The maximum atomic E-state index is 14.1. The first-order chi connectivity index (χ1) is 12.1. The van der Waals surface area contributed by atoms with Crippen LogP contribution in [0.25, 0.3) is 10.4 Å². The van der Waals surface area contributed by atoms with E-state index in [1.807, 2.05) is 0 Å². The number of carbonyl (C=O) groups excluding carboxylic acids is 2. The summed E-state index contributed by atoms with van der Waals surface area (Å²) in [6, 6.07) is 5.85. The van der Waals surface area contributed by atoms with E-state index in [0.717, 1.165) is 10.4 Å². The number of amides is 1. The van der Waals surface area contributed by atoms with Crippen molar-refractivity contribution in [2.24, 2.45) is 0 Å². The fraction of sp³-hybridized carbons (Fsp3) is 0.118. The lowest BCUT2D eigenvalue weighted by atomic mass is 9.95. The molecular formula is C17H12FN4O2S+. The molecule has 2 aromatic heterocycles. The summed E-state index contributed by atoms with van der Waals surface area (Å²) < 4.78 is 15.5. The molecule has 0 bridgehead atoms. The van der Waals surface area contributed by atoms with Gasteiger partial charge in [-0.1, -0.05) is 18.2 Å². The SMILES string of the molecule is CN1C(=O)C(c2ccccc2F)C(=O)[n+]2cc(-c3cncnc3)sc21. The van der Waals surface area contributed by atoms with Crippen molar-refractivity contribution < 1.29 is 18.5 Å². The van der Waals surface area contributed by atoms with Crippen molar-refractivity contribution in [2.45, 2.75) is 5.92 Å². The minimum absolute atomic E-state index is 0.0818. The van der Waals surface area contributed by atoms with Crippen molar-refractivity contribution >= 4 is 28.3 Å². The number of aromatic nitrogens is 3. The highest BCUT2D eigenvalue weighted by atomic mass is 32.1. The van der Waals surface area contributed by atoms with E-state index in [9.17, 15) is 14.0 Å². The zero-order valence-electron chi connectivity index (χ0n) is 13.1. The summed E-state index contributed by atoms with van der Waals surface area (Å²) in [7, 11) is 1.58. The summed E-state index contributed by atoms with van der Waals surface area (Å²) >= 11 is 1.28. The van der Waals surface area contributed by atoms with Crippen LogP contribution in [-0.2, 0) is 4.79 Å². The van der Waals surface area contributed by atoms with Gasteiger partial charge in [0.25, 0.3) is 0 Å². The number of carbonyl (C=O) groups is 2. The average molecular weight is 355 g/mol. The molecule has 1 atom stereocenters. The maximum Gasteiger partial charge on any atom is 0.351 e. The third-order valence-electron chi connectivity index (χ3n) is 4.06. The molecular weight excluding hydrogens is 343 g/mol. The molecule has 0 aliphatic carbocycles. The first kappa shape index (κ1) is 15.5. The Labute approximate surface area is 146 Å². The minimum Gasteiger partial charge on any atom is -0.245 e. The number of nitrogens with zero attached hydrogens (tertiary/aromatic N) is 4. The van der Waals surface area contributed by atoms with E-state index in [0.29, 0.717) is 5.13 Å². The van der Waals surface area contributed by atoms with E-state index < -0.39 is 23.5 Å². The van der Waals surface area contributed by atoms with Crippen LogP contribution < -0.4 is 9.47 Å². The molecule has 0 radical (unpaired) electrons. The molecule has 3 heterocycles. The van der Waals surface area contributed by atoms with Gasteiger partial charge in [-0.3, -0.25) is 0 Å². The Kier molecular flexibility index (Phi) is 3.61. The smallest absolute Gasteiger partial charge is 0.245 e. The van der Waals surface area contributed by atoms with Gasteiger partial charge in [0.2, 0.25) is 0 Å². The molecule has 0 saturated heterocycles. The number of rotatable bonds is 2. The largest absolute Gasteiger partial charge is 0.351 e. The molecule has 1 aromatic carbocycles. The number of anilines is 1. The topological polar surface area (TPSA) is 67.0 Å². The Hall–Kier alpha value is -3.00. The Morgan fingerprint density at radius 2 is 1.92 bits per heavy atom. The van der Waals surface area contributed by atoms with Gasteiger partial charge in [-0.05, 0) is 17.4 Å². The molecule has 0 N–H and O–H groups in total. The second-order valence-corrected chi connectivity index (χ2v) is 6.57. The number of hydrogen-bond acceptors (Lipinski definition) is 5. The second-order valence-electron chi connectivity index (χ2n) is 5.57. The summed E-state index contributed by atoms with van der Waals surface area (Å²) in [4.78, 5) is 35.7. The number of halogens is 1. The van der Waals surface area contributed by atoms with E-state index >= 15 is 0 Å². The predicted molar refractivity (Wildman–Crippen MR) is 88.7 cm³/mol. The molecule has 1 aliphatic heterocycles. The van der Waals surface area contributed by atoms with Crippen LogP contribution in [0.2, 0.25) is 0 Å². The fourth-order valence-electron chi connectivity index (χ4n) is 2.80. The van der Waals surface area contributed by atoms with Crippen LogP contribution in [0.1, 0.15) is 16.3 Å². The lowest BCUT2D eigenvalue weighted by Crippen LogP contribution is -2.57. The van der Waals surface area contributed by atoms with Crippen LogP contribution >= 0.6 is 11.3 Å². The van der Waals surface area contributed by atoms with Crippen LogP contribution in [0.15, 0.2) is 49.2 Å². The van der Waals surface area contributed by atoms with E-state index in [1.165, 1.54) is 45.3 Å². The van der Waals surface area contributed by atoms with Gasteiger partial charge in [-0.2, -0.15) is 9.47 Å². The lowest BCUT2D eigenvalue weighted by Gasteiger charge is -2.21. The van der Waals surface area contributed by atoms with Crippen LogP contribution in [-0.4, -0.2) is 28.8 Å². The number of thiazole rings is 1. The number of hydrogen-bond donors (Lipinski definition) is 0. The number of fused-ring (bicyclic) bond motifs is 1. The molecule has 0 fully saturated rings. The predicted octanol–water partition coefficient (Wildman–Crippen LogP) is 2.03. The maximum absolute atomic E-state index is 14.1. The highest BCUT2D eigenvalue weighted by Gasteiger charge is 2.48. The number of benzene rings is 1. The Balaban J connectivity index is 1.84. The molecule has 8 heteroatoms. The van der Waals surface area contributed by atoms with Gasteiger partial charge in [0.15, 0.2) is 5.92 Å². The van der Waals surface area contributed by atoms with Crippen molar-refractivity contribution in [2.75, 3.05) is 11.9 Å². The van der Waals surface area contributed by atoms with Crippen LogP contribution in [0.3, 0.4) is 0 Å². The summed E-state index contributed by atoms with van der Waals surface area (Å²) in [5.74, 6) is -2.69. The van der Waals surface area contributed by atoms with Gasteiger partial charge in [-0.25, -0.2) is 23.9 Å². The summed E-state index contributed by atoms with van der Waals surface area (Å²) in [5, 5.41) is 0.474. The Bertz CT molecular complexity index is 989. The monoisotopic (exact) mass is 355 g/mol. The highest BCUT2D eigenvalue weighted by Crippen LogP contribution is 2.34. The van der Waals surface area contributed by atoms with Gasteiger partial charge in [0.1, 0.15) is 18.3 Å². The van der Waals surface area contributed by atoms with Crippen molar-refractivity contribution in [3.8, 4) is 10.4 Å². The van der Waals surface area contributed by atoms with Gasteiger partial charge in [0, 0.05) is 23.5 Å². The van der Waals surface area contributed by atoms with Crippen LogP contribution in [0, 0.1) is 5.82 Å². The van der Waals surface area contributed by atoms with Crippen molar-refractivity contribution in [1.82, 2.24) is 9.97 Å². The molecule has 25 heavy (non-hydrogen) atoms. The van der Waals surface area contributed by atoms with Gasteiger partial charge in [0.05, 0.1) is 11.9 Å². The zero-order valence-corrected chi connectivity index (χ0v) is 13.9. The van der Waals surface area contributed by atoms with E-state index in [4.69, 9.17) is 0 Å². The standard InChI is InChI=1S/C17H12FN4O2S/c1-21-15(23)14(11-4-2-3-5-12(11)18)16(24)22-8-13(25-17(21)22)10-6-19-9-20-7-10/h2-9,14H,1H3/q+1. The first-order valence-corrected chi connectivity index (χ1v) is 8.26. The fourth-order valence-corrected chi connectivity index (χ4v) is 3.85. The summed E-state index contributed by atoms with van der Waals surface area (Å²) in [6.07, 6.45) is 6.31. The van der Waals surface area contributed by atoms with Crippen LogP contribution in [0.4, 0.5) is 9.52 Å². The molecule has 1 aliphatic rings. The van der Waals surface area contributed by atoms with E-state index in [2.05, 4.69) is 9.97 Å². The molecule has 0 saturated carbocycles. The quantitative estimate of drug-likeness (QED) is 0.521. The van der Waals surface area contributed by atoms with Gasteiger partial charge < -0.3 is 0 Å². The molecule has 6 nitrogen and oxygen atoms in total. The van der Waals surface area contributed by atoms with Crippen molar-refractivity contribution in [3.63, 3.8) is 0 Å². The van der Waals surface area contributed by atoms with E-state index in [1.54, 1.807) is 31.7 Å². The molecule has 1 unspecified atom stereocenters. The van der Waals surface area contributed by atoms with Gasteiger partial charge >= 0.3 is 16.9 Å². The molecule has 1 amide bonds. The second kappa shape index (κ2) is 5.82.